The fraction of sp³-hybridized carbons (Fsp3) is 0.500. The molecule has 0 unspecified atom stereocenters. The third kappa shape index (κ3) is 3.34. The summed E-state index contributed by atoms with van der Waals surface area (Å²) in [5.41, 5.74) is 2.04. The normalized spacial score (nSPS) is 18.0. The van der Waals surface area contributed by atoms with Gasteiger partial charge < -0.3 is 10.2 Å². The van der Waals surface area contributed by atoms with Crippen molar-refractivity contribution in [3.05, 3.63) is 34.5 Å². The molecule has 3 rings (SSSR count). The molecule has 7 heteroatoms. The lowest BCUT2D eigenvalue weighted by molar-refractivity contribution is 0.0711. The highest BCUT2D eigenvalue weighted by Crippen LogP contribution is 2.29. The summed E-state index contributed by atoms with van der Waals surface area (Å²) in [6.07, 6.45) is 4.68. The van der Waals surface area contributed by atoms with E-state index in [0.717, 1.165) is 43.9 Å². The van der Waals surface area contributed by atoms with E-state index in [1.165, 1.54) is 17.1 Å². The van der Waals surface area contributed by atoms with Gasteiger partial charge >= 0.3 is 0 Å². The Morgan fingerprint density at radius 3 is 3.17 bits per heavy atom. The summed E-state index contributed by atoms with van der Waals surface area (Å²) in [5.74, 6) is 1.30. The van der Waals surface area contributed by atoms with Crippen LogP contribution in [0.3, 0.4) is 0 Å². The third-order valence-corrected chi connectivity index (χ3v) is 5.06. The van der Waals surface area contributed by atoms with Gasteiger partial charge in [-0.25, -0.2) is 4.98 Å². The van der Waals surface area contributed by atoms with Crippen molar-refractivity contribution >= 4 is 23.3 Å². The predicted octanol–water partition coefficient (Wildman–Crippen LogP) is 2.56. The highest BCUT2D eigenvalue weighted by molar-refractivity contribution is 7.08. The van der Waals surface area contributed by atoms with E-state index < -0.39 is 0 Å². The van der Waals surface area contributed by atoms with Gasteiger partial charge in [0.25, 0.3) is 5.91 Å². The number of pyridine rings is 1. The van der Waals surface area contributed by atoms with Crippen LogP contribution in [0.15, 0.2) is 18.3 Å². The Morgan fingerprint density at radius 2 is 2.39 bits per heavy atom. The number of hydrogen-bond acceptors (Lipinski definition) is 6. The molecule has 1 aliphatic heterocycles. The Balaban J connectivity index is 1.76. The van der Waals surface area contributed by atoms with Gasteiger partial charge in [0, 0.05) is 32.3 Å². The summed E-state index contributed by atoms with van der Waals surface area (Å²) in [4.78, 5) is 19.7. The van der Waals surface area contributed by atoms with E-state index in [1.807, 2.05) is 31.1 Å². The molecule has 6 nitrogen and oxygen atoms in total. The molecule has 0 radical (unpaired) electrons. The molecule has 2 aromatic heterocycles. The van der Waals surface area contributed by atoms with Gasteiger partial charge in [0.1, 0.15) is 10.7 Å². The molecule has 0 saturated carbocycles. The van der Waals surface area contributed by atoms with Crippen LogP contribution >= 0.6 is 11.5 Å². The van der Waals surface area contributed by atoms with Crippen LogP contribution in [0.2, 0.25) is 0 Å². The molecule has 1 N–H and O–H groups in total. The molecule has 1 atom stereocenters. The maximum Gasteiger partial charge on any atom is 0.267 e. The molecule has 1 fully saturated rings. The first-order valence-electron chi connectivity index (χ1n) is 7.97. The maximum absolute atomic E-state index is 12.8. The molecule has 1 saturated heterocycles. The standard InChI is InChI=1S/C16H21N5OS/c1-3-13-15(23-20-19-13)16(22)21-8-4-5-12(10-21)11-6-7-18-14(9-11)17-2/h6-7,9,12H,3-5,8,10H2,1-2H3,(H,17,18)/t12-/m0/s1. The SMILES string of the molecule is CCc1nnsc1C(=O)N1CCC[C@H](c2ccnc(NC)c2)C1. The summed E-state index contributed by atoms with van der Waals surface area (Å²) < 4.78 is 3.94. The lowest BCUT2D eigenvalue weighted by atomic mass is 9.91. The molecule has 2 aromatic rings. The molecule has 0 aliphatic carbocycles. The number of aromatic nitrogens is 3. The van der Waals surface area contributed by atoms with Crippen molar-refractivity contribution in [2.45, 2.75) is 32.1 Å². The first kappa shape index (κ1) is 15.9. The highest BCUT2D eigenvalue weighted by Gasteiger charge is 2.28. The quantitative estimate of drug-likeness (QED) is 0.932. The number of carbonyl (C=O) groups is 1. The van der Waals surface area contributed by atoms with E-state index in [2.05, 4.69) is 26.0 Å². The number of rotatable bonds is 4. The van der Waals surface area contributed by atoms with Crippen LogP contribution in [0.25, 0.3) is 0 Å². The number of piperidine rings is 1. The van der Waals surface area contributed by atoms with E-state index in [9.17, 15) is 4.79 Å². The summed E-state index contributed by atoms with van der Waals surface area (Å²) in [5, 5.41) is 7.13. The van der Waals surface area contributed by atoms with Crippen LogP contribution in [0.4, 0.5) is 5.82 Å². The predicted molar refractivity (Wildman–Crippen MR) is 90.9 cm³/mol. The van der Waals surface area contributed by atoms with E-state index >= 15 is 0 Å². The van der Waals surface area contributed by atoms with Gasteiger partial charge in [-0.2, -0.15) is 0 Å². The Labute approximate surface area is 140 Å². The number of amides is 1. The zero-order valence-electron chi connectivity index (χ0n) is 13.5. The average Bonchev–Trinajstić information content (AvgIpc) is 3.10. The lowest BCUT2D eigenvalue weighted by Gasteiger charge is -2.33. The van der Waals surface area contributed by atoms with Gasteiger partial charge in [-0.3, -0.25) is 4.79 Å². The second kappa shape index (κ2) is 7.04. The zero-order valence-corrected chi connectivity index (χ0v) is 14.3. The average molecular weight is 331 g/mol. The van der Waals surface area contributed by atoms with Crippen molar-refractivity contribution in [1.82, 2.24) is 19.5 Å². The molecule has 23 heavy (non-hydrogen) atoms. The molecule has 1 amide bonds. The van der Waals surface area contributed by atoms with Crippen molar-refractivity contribution in [2.24, 2.45) is 0 Å². The first-order chi connectivity index (χ1) is 11.2. The van der Waals surface area contributed by atoms with Gasteiger partial charge in [0.05, 0.1) is 5.69 Å². The second-order valence-corrected chi connectivity index (χ2v) is 6.47. The minimum absolute atomic E-state index is 0.0736. The van der Waals surface area contributed by atoms with Gasteiger partial charge in [-0.15, -0.1) is 5.10 Å². The first-order valence-corrected chi connectivity index (χ1v) is 8.74. The van der Waals surface area contributed by atoms with Crippen LogP contribution in [-0.4, -0.2) is 45.5 Å². The highest BCUT2D eigenvalue weighted by atomic mass is 32.1. The molecule has 0 bridgehead atoms. The Kier molecular flexibility index (Phi) is 4.85. The van der Waals surface area contributed by atoms with E-state index in [0.29, 0.717) is 10.8 Å². The Morgan fingerprint density at radius 1 is 1.52 bits per heavy atom. The molecule has 1 aliphatic rings. The van der Waals surface area contributed by atoms with Crippen LogP contribution in [0.1, 0.15) is 46.6 Å². The van der Waals surface area contributed by atoms with Crippen LogP contribution in [-0.2, 0) is 6.42 Å². The smallest absolute Gasteiger partial charge is 0.267 e. The zero-order chi connectivity index (χ0) is 16.2. The molecular formula is C16H21N5OS. The minimum Gasteiger partial charge on any atom is -0.373 e. The van der Waals surface area contributed by atoms with Crippen LogP contribution in [0.5, 0.6) is 0 Å². The van der Waals surface area contributed by atoms with Crippen LogP contribution in [0, 0.1) is 0 Å². The summed E-state index contributed by atoms with van der Waals surface area (Å²) >= 11 is 1.21. The number of carbonyl (C=O) groups excluding carboxylic acids is 1. The van der Waals surface area contributed by atoms with Gasteiger partial charge in [-0.1, -0.05) is 11.4 Å². The van der Waals surface area contributed by atoms with Crippen molar-refractivity contribution < 1.29 is 4.79 Å². The van der Waals surface area contributed by atoms with Gasteiger partial charge in [0.2, 0.25) is 0 Å². The van der Waals surface area contributed by atoms with Crippen molar-refractivity contribution in [3.8, 4) is 0 Å². The number of anilines is 1. The summed E-state index contributed by atoms with van der Waals surface area (Å²) in [7, 11) is 1.87. The molecule has 0 spiro atoms. The van der Waals surface area contributed by atoms with Crippen molar-refractivity contribution in [2.75, 3.05) is 25.5 Å². The molecule has 122 valence electrons. The van der Waals surface area contributed by atoms with E-state index in [4.69, 9.17) is 0 Å². The minimum atomic E-state index is 0.0736. The maximum atomic E-state index is 12.8. The fourth-order valence-electron chi connectivity index (χ4n) is 3.02. The number of nitrogens with one attached hydrogen (secondary N) is 1. The van der Waals surface area contributed by atoms with E-state index in [-0.39, 0.29) is 5.91 Å². The number of aryl methyl sites for hydroxylation is 1. The lowest BCUT2D eigenvalue weighted by Crippen LogP contribution is -2.39. The number of hydrogen-bond donors (Lipinski definition) is 1. The molecule has 3 heterocycles. The Bertz CT molecular complexity index is 687. The molecular weight excluding hydrogens is 310 g/mol. The summed E-state index contributed by atoms with van der Waals surface area (Å²) in [6, 6.07) is 4.12. The largest absolute Gasteiger partial charge is 0.373 e. The summed E-state index contributed by atoms with van der Waals surface area (Å²) in [6.45, 7) is 3.55. The van der Waals surface area contributed by atoms with Gasteiger partial charge in [0.15, 0.2) is 0 Å². The molecule has 0 aromatic carbocycles. The third-order valence-electron chi connectivity index (χ3n) is 4.31. The van der Waals surface area contributed by atoms with Crippen molar-refractivity contribution in [3.63, 3.8) is 0 Å². The number of likely N-dealkylation sites (tertiary alicyclic amines) is 1. The van der Waals surface area contributed by atoms with E-state index in [1.54, 1.807) is 0 Å². The topological polar surface area (TPSA) is 71.0 Å². The monoisotopic (exact) mass is 331 g/mol. The second-order valence-electron chi connectivity index (χ2n) is 5.72. The number of nitrogens with zero attached hydrogens (tertiary/aromatic N) is 4. The van der Waals surface area contributed by atoms with Crippen LogP contribution < -0.4 is 5.32 Å². The fourth-order valence-corrected chi connectivity index (χ4v) is 3.74. The van der Waals surface area contributed by atoms with Crippen molar-refractivity contribution in [1.29, 1.82) is 0 Å². The van der Waals surface area contributed by atoms with Gasteiger partial charge in [-0.05, 0) is 48.5 Å². The Hall–Kier alpha value is -2.02.